The molecule has 0 aliphatic heterocycles. The third-order valence-electron chi connectivity index (χ3n) is 2.96. The highest BCUT2D eigenvalue weighted by Gasteiger charge is 2.20. The van der Waals surface area contributed by atoms with Gasteiger partial charge < -0.3 is 17.4 Å². The normalized spacial score (nSPS) is 10.5. The van der Waals surface area contributed by atoms with Gasteiger partial charge in [-0.1, -0.05) is 22.9 Å². The lowest BCUT2D eigenvalue weighted by Crippen LogP contribution is -2.35. The molecule has 20 heavy (non-hydrogen) atoms. The van der Waals surface area contributed by atoms with E-state index in [1.165, 1.54) is 0 Å². The zero-order chi connectivity index (χ0) is 14.5. The van der Waals surface area contributed by atoms with E-state index in [2.05, 4.69) is 5.10 Å². The number of esters is 1. The highest BCUT2D eigenvalue weighted by Crippen LogP contribution is 2.10. The van der Waals surface area contributed by atoms with Crippen molar-refractivity contribution in [3.63, 3.8) is 0 Å². The van der Waals surface area contributed by atoms with E-state index in [1.54, 1.807) is 11.6 Å². The first-order chi connectivity index (χ1) is 9.63. The molecule has 1 heterocycles. The molecular weight excluding hydrogens is 274 g/mol. The van der Waals surface area contributed by atoms with Gasteiger partial charge in [0.2, 0.25) is 5.82 Å². The van der Waals surface area contributed by atoms with Crippen molar-refractivity contribution < 1.29 is 14.1 Å². The maximum absolute atomic E-state index is 11.5. The number of benzene rings is 1. The molecule has 0 unspecified atom stereocenters. The summed E-state index contributed by atoms with van der Waals surface area (Å²) in [5.74, 6) is 0.675. The molecule has 2 rings (SSSR count). The van der Waals surface area contributed by atoms with Crippen molar-refractivity contribution in [1.29, 1.82) is 0 Å². The van der Waals surface area contributed by atoms with Gasteiger partial charge in [0.1, 0.15) is 5.69 Å². The molecule has 0 aliphatic carbocycles. The van der Waals surface area contributed by atoms with Crippen LogP contribution in [0.1, 0.15) is 19.2 Å². The first kappa shape index (κ1) is 14.5. The summed E-state index contributed by atoms with van der Waals surface area (Å²) in [7, 11) is 1.86. The Hall–Kier alpha value is -1.95. The lowest BCUT2D eigenvalue weighted by molar-refractivity contribution is -0.716. The molecule has 0 N–H and O–H groups in total. The van der Waals surface area contributed by atoms with Gasteiger partial charge in [0.15, 0.2) is 5.16 Å². The summed E-state index contributed by atoms with van der Waals surface area (Å²) in [5, 5.41) is 4.84. The fourth-order valence-corrected chi connectivity index (χ4v) is 2.15. The topological polar surface area (TPSA) is 48.0 Å². The second-order valence-electron chi connectivity index (χ2n) is 4.31. The summed E-state index contributed by atoms with van der Waals surface area (Å²) < 4.78 is 8.55. The molecule has 0 aliphatic rings. The predicted octanol–water partition coefficient (Wildman–Crippen LogP) is 1.10. The van der Waals surface area contributed by atoms with Crippen LogP contribution in [0.2, 0.25) is 0 Å². The van der Waals surface area contributed by atoms with Crippen molar-refractivity contribution in [3.05, 3.63) is 36.2 Å². The summed E-state index contributed by atoms with van der Waals surface area (Å²) in [6, 6.07) is 9.73. The molecule has 1 aromatic heterocycles. The highest BCUT2D eigenvalue weighted by molar-refractivity contribution is 7.58. The maximum Gasteiger partial charge on any atom is 0.306 e. The van der Waals surface area contributed by atoms with Crippen LogP contribution < -0.4 is 4.57 Å². The van der Waals surface area contributed by atoms with Crippen molar-refractivity contribution >= 4 is 18.6 Å². The van der Waals surface area contributed by atoms with E-state index in [9.17, 15) is 4.79 Å². The van der Waals surface area contributed by atoms with E-state index in [1.807, 2.05) is 41.9 Å². The van der Waals surface area contributed by atoms with Crippen molar-refractivity contribution in [1.82, 2.24) is 9.78 Å². The van der Waals surface area contributed by atoms with Crippen LogP contribution in [0.25, 0.3) is 5.69 Å². The third-order valence-corrected chi connectivity index (χ3v) is 3.32. The summed E-state index contributed by atoms with van der Waals surface area (Å²) in [6.07, 6.45) is 0.850. The van der Waals surface area contributed by atoms with Gasteiger partial charge in [-0.15, -0.1) is 0 Å². The Labute approximate surface area is 123 Å². The Balaban J connectivity index is 2.26. The second-order valence-corrected chi connectivity index (χ2v) is 4.68. The molecule has 0 spiro atoms. The number of hydrogen-bond acceptors (Lipinski definition) is 4. The van der Waals surface area contributed by atoms with Crippen LogP contribution in [0.3, 0.4) is 0 Å². The Morgan fingerprint density at radius 1 is 1.40 bits per heavy atom. The van der Waals surface area contributed by atoms with E-state index in [0.717, 1.165) is 11.5 Å². The van der Waals surface area contributed by atoms with E-state index < -0.39 is 0 Å². The van der Waals surface area contributed by atoms with Crippen molar-refractivity contribution in [2.24, 2.45) is 7.05 Å². The highest BCUT2D eigenvalue weighted by atomic mass is 32.1. The second kappa shape index (κ2) is 6.47. The van der Waals surface area contributed by atoms with E-state index in [0.29, 0.717) is 24.6 Å². The lowest BCUT2D eigenvalue weighted by atomic mass is 10.2. The summed E-state index contributed by atoms with van der Waals surface area (Å²) >= 11 is 5.21. The lowest BCUT2D eigenvalue weighted by Gasteiger charge is -2.03. The number of rotatable bonds is 5. The van der Waals surface area contributed by atoms with E-state index in [4.69, 9.17) is 17.4 Å². The van der Waals surface area contributed by atoms with Gasteiger partial charge in [0.25, 0.3) is 0 Å². The molecule has 1 aromatic carbocycles. The van der Waals surface area contributed by atoms with Gasteiger partial charge >= 0.3 is 5.97 Å². The largest absolute Gasteiger partial charge is 0.703 e. The van der Waals surface area contributed by atoms with Crippen LogP contribution in [-0.4, -0.2) is 22.4 Å². The van der Waals surface area contributed by atoms with Crippen LogP contribution >= 0.6 is 0 Å². The number of aromatic nitrogens is 3. The quantitative estimate of drug-likeness (QED) is 0.470. The zero-order valence-corrected chi connectivity index (χ0v) is 12.4. The minimum Gasteiger partial charge on any atom is -0.703 e. The molecule has 2 aromatic rings. The molecule has 0 atom stereocenters. The Kier molecular flexibility index (Phi) is 4.68. The van der Waals surface area contributed by atoms with Crippen molar-refractivity contribution in [3.8, 4) is 5.69 Å². The minimum atomic E-state index is -0.209. The SMILES string of the molecule is CCOC(=O)CCc1n(-c2ccccc2)nc([S-])[n+]1C. The summed E-state index contributed by atoms with van der Waals surface area (Å²) in [4.78, 5) is 11.5. The predicted molar refractivity (Wildman–Crippen MR) is 75.3 cm³/mol. The average molecular weight is 291 g/mol. The molecule has 6 heteroatoms. The minimum absolute atomic E-state index is 0.209. The molecule has 0 saturated heterocycles. The van der Waals surface area contributed by atoms with Crippen LogP contribution in [0.4, 0.5) is 0 Å². The van der Waals surface area contributed by atoms with Crippen LogP contribution in [0.5, 0.6) is 0 Å². The molecule has 0 bridgehead atoms. The molecule has 0 radical (unpaired) electrons. The molecular formula is C14H17N3O2S. The Bertz CT molecular complexity index is 596. The van der Waals surface area contributed by atoms with Crippen molar-refractivity contribution in [2.45, 2.75) is 24.9 Å². The van der Waals surface area contributed by atoms with Gasteiger partial charge in [0.05, 0.1) is 20.1 Å². The monoisotopic (exact) mass is 291 g/mol. The first-order valence-electron chi connectivity index (χ1n) is 6.49. The van der Waals surface area contributed by atoms with Gasteiger partial charge in [0, 0.05) is 11.5 Å². The van der Waals surface area contributed by atoms with Crippen LogP contribution in [0.15, 0.2) is 35.5 Å². The molecule has 5 nitrogen and oxygen atoms in total. The number of nitrogens with zero attached hydrogens (tertiary/aromatic N) is 3. The number of hydrogen-bond donors (Lipinski definition) is 0. The van der Waals surface area contributed by atoms with E-state index in [-0.39, 0.29) is 5.97 Å². The van der Waals surface area contributed by atoms with Gasteiger partial charge in [-0.25, -0.2) is 0 Å². The van der Waals surface area contributed by atoms with Crippen LogP contribution in [-0.2, 0) is 35.6 Å². The molecule has 0 saturated carbocycles. The fraction of sp³-hybridized carbons (Fsp3) is 0.357. The molecule has 106 valence electrons. The number of para-hydroxylation sites is 1. The third kappa shape index (κ3) is 3.14. The van der Waals surface area contributed by atoms with Gasteiger partial charge in [-0.2, -0.15) is 0 Å². The van der Waals surface area contributed by atoms with Crippen molar-refractivity contribution in [2.75, 3.05) is 6.61 Å². The number of carbonyl (C=O) groups excluding carboxylic acids is 1. The molecule has 0 amide bonds. The summed E-state index contributed by atoms with van der Waals surface area (Å²) in [5.41, 5.74) is 0.929. The zero-order valence-electron chi connectivity index (χ0n) is 11.6. The number of ether oxygens (including phenoxy) is 1. The fourth-order valence-electron chi connectivity index (χ4n) is 1.96. The maximum atomic E-state index is 11.5. The van der Waals surface area contributed by atoms with Crippen LogP contribution in [0, 0.1) is 0 Å². The smallest absolute Gasteiger partial charge is 0.306 e. The van der Waals surface area contributed by atoms with E-state index >= 15 is 0 Å². The number of carbonyl (C=O) groups is 1. The Morgan fingerprint density at radius 3 is 2.75 bits per heavy atom. The molecule has 0 fully saturated rings. The first-order valence-corrected chi connectivity index (χ1v) is 6.90. The average Bonchev–Trinajstić information content (AvgIpc) is 2.74. The standard InChI is InChI=1S/C14H17N3O2S/c1-3-19-13(18)10-9-12-16(2)14(20)15-17(12)11-7-5-4-6-8-11/h4-8H,3,9-10H2,1-2H3. The van der Waals surface area contributed by atoms with Gasteiger partial charge in [-0.05, 0) is 19.1 Å². The van der Waals surface area contributed by atoms with Gasteiger partial charge in [-0.3, -0.25) is 9.36 Å². The summed E-state index contributed by atoms with van der Waals surface area (Å²) in [6.45, 7) is 2.20. The Morgan fingerprint density at radius 2 is 2.10 bits per heavy atom.